The van der Waals surface area contributed by atoms with Gasteiger partial charge in [0.1, 0.15) is 5.75 Å². The molecule has 7 heteroatoms. The van der Waals surface area contributed by atoms with Gasteiger partial charge < -0.3 is 21.0 Å². The van der Waals surface area contributed by atoms with Gasteiger partial charge >= 0.3 is 0 Å². The Morgan fingerprint density at radius 1 is 1.40 bits per heavy atom. The highest BCUT2D eigenvalue weighted by atomic mass is 32.1. The van der Waals surface area contributed by atoms with Crippen molar-refractivity contribution in [1.82, 2.24) is 0 Å². The van der Waals surface area contributed by atoms with Crippen LogP contribution in [0.15, 0.2) is 40.9 Å². The Balaban J connectivity index is 2.41. The number of carbonyl (C=O) groups is 1. The van der Waals surface area contributed by atoms with Crippen molar-refractivity contribution in [3.63, 3.8) is 0 Å². The predicted octanol–water partition coefficient (Wildman–Crippen LogP) is 2.10. The number of amides is 1. The number of oxime groups is 1. The van der Waals surface area contributed by atoms with Crippen LogP contribution in [-0.2, 0) is 0 Å². The first-order valence-electron chi connectivity index (χ1n) is 5.67. The van der Waals surface area contributed by atoms with E-state index in [-0.39, 0.29) is 11.7 Å². The lowest BCUT2D eigenvalue weighted by atomic mass is 10.1. The summed E-state index contributed by atoms with van der Waals surface area (Å²) >= 11 is 1.32. The Labute approximate surface area is 119 Å². The van der Waals surface area contributed by atoms with Gasteiger partial charge in [0.2, 0.25) is 0 Å². The van der Waals surface area contributed by atoms with E-state index in [9.17, 15) is 4.79 Å². The SMILES string of the molecule is COc1cccc(/C(N)=N/O)c1NC(=O)c1cccs1. The number of amidine groups is 1. The number of para-hydroxylation sites is 1. The lowest BCUT2D eigenvalue weighted by Crippen LogP contribution is -2.19. The number of ether oxygens (including phenoxy) is 1. The molecule has 104 valence electrons. The van der Waals surface area contributed by atoms with Crippen molar-refractivity contribution >= 4 is 28.8 Å². The van der Waals surface area contributed by atoms with Crippen molar-refractivity contribution < 1.29 is 14.7 Å². The van der Waals surface area contributed by atoms with Crippen LogP contribution in [0.2, 0.25) is 0 Å². The number of methoxy groups -OCH3 is 1. The summed E-state index contributed by atoms with van der Waals surface area (Å²) in [5.41, 5.74) is 6.36. The van der Waals surface area contributed by atoms with Gasteiger partial charge in [0.05, 0.1) is 17.7 Å². The van der Waals surface area contributed by atoms with Crippen LogP contribution in [0.1, 0.15) is 15.2 Å². The van der Waals surface area contributed by atoms with Crippen LogP contribution in [0.4, 0.5) is 5.69 Å². The maximum absolute atomic E-state index is 12.1. The van der Waals surface area contributed by atoms with E-state index in [4.69, 9.17) is 15.7 Å². The van der Waals surface area contributed by atoms with Crippen LogP contribution in [0.25, 0.3) is 0 Å². The number of hydrogen-bond donors (Lipinski definition) is 3. The fraction of sp³-hybridized carbons (Fsp3) is 0.0769. The fourth-order valence-electron chi connectivity index (χ4n) is 1.68. The van der Waals surface area contributed by atoms with Crippen LogP contribution in [-0.4, -0.2) is 24.1 Å². The van der Waals surface area contributed by atoms with Gasteiger partial charge in [-0.1, -0.05) is 17.3 Å². The highest BCUT2D eigenvalue weighted by molar-refractivity contribution is 7.12. The van der Waals surface area contributed by atoms with Crippen LogP contribution in [0.5, 0.6) is 5.75 Å². The molecule has 2 rings (SSSR count). The second-order valence-corrected chi connectivity index (χ2v) is 4.75. The lowest BCUT2D eigenvalue weighted by Gasteiger charge is -2.13. The first kappa shape index (κ1) is 13.9. The number of thiophene rings is 1. The third-order valence-corrected chi connectivity index (χ3v) is 3.48. The van der Waals surface area contributed by atoms with E-state index in [2.05, 4.69) is 10.5 Å². The third-order valence-electron chi connectivity index (χ3n) is 2.61. The maximum Gasteiger partial charge on any atom is 0.265 e. The molecule has 6 nitrogen and oxygen atoms in total. The second kappa shape index (κ2) is 6.07. The van der Waals surface area contributed by atoms with E-state index in [1.165, 1.54) is 18.4 Å². The van der Waals surface area contributed by atoms with Gasteiger partial charge in [-0.05, 0) is 23.6 Å². The maximum atomic E-state index is 12.1. The topological polar surface area (TPSA) is 96.9 Å². The summed E-state index contributed by atoms with van der Waals surface area (Å²) < 4.78 is 5.20. The number of benzene rings is 1. The molecule has 0 atom stereocenters. The smallest absolute Gasteiger partial charge is 0.265 e. The molecule has 1 aromatic carbocycles. The third kappa shape index (κ3) is 2.72. The van der Waals surface area contributed by atoms with Crippen LogP contribution >= 0.6 is 11.3 Å². The van der Waals surface area contributed by atoms with Gasteiger partial charge in [0.15, 0.2) is 5.84 Å². The second-order valence-electron chi connectivity index (χ2n) is 3.80. The van der Waals surface area contributed by atoms with E-state index >= 15 is 0 Å². The monoisotopic (exact) mass is 291 g/mol. The Hall–Kier alpha value is -2.54. The summed E-state index contributed by atoms with van der Waals surface area (Å²) in [7, 11) is 1.48. The zero-order valence-electron chi connectivity index (χ0n) is 10.7. The highest BCUT2D eigenvalue weighted by Crippen LogP contribution is 2.29. The Morgan fingerprint density at radius 2 is 2.20 bits per heavy atom. The van der Waals surface area contributed by atoms with Crippen molar-refractivity contribution in [2.75, 3.05) is 12.4 Å². The van der Waals surface area contributed by atoms with Gasteiger partial charge in [-0.2, -0.15) is 0 Å². The summed E-state index contributed by atoms with van der Waals surface area (Å²) in [5.74, 6) is 0.0425. The molecule has 0 aliphatic carbocycles. The molecule has 4 N–H and O–H groups in total. The Bertz CT molecular complexity index is 638. The molecule has 0 fully saturated rings. The van der Waals surface area contributed by atoms with Crippen molar-refractivity contribution in [3.05, 3.63) is 46.2 Å². The van der Waals surface area contributed by atoms with Crippen molar-refractivity contribution in [2.24, 2.45) is 10.9 Å². The summed E-state index contributed by atoms with van der Waals surface area (Å²) in [6, 6.07) is 8.48. The molecule has 0 aliphatic rings. The predicted molar refractivity (Wildman–Crippen MR) is 77.8 cm³/mol. The minimum Gasteiger partial charge on any atom is -0.495 e. The van der Waals surface area contributed by atoms with Gasteiger partial charge in [-0.3, -0.25) is 4.79 Å². The van der Waals surface area contributed by atoms with Gasteiger partial charge in [-0.25, -0.2) is 0 Å². The van der Waals surface area contributed by atoms with Crippen molar-refractivity contribution in [1.29, 1.82) is 0 Å². The van der Waals surface area contributed by atoms with E-state index in [1.54, 1.807) is 30.3 Å². The van der Waals surface area contributed by atoms with E-state index in [0.717, 1.165) is 0 Å². The molecule has 0 saturated carbocycles. The molecule has 0 saturated heterocycles. The average molecular weight is 291 g/mol. The molecule has 2 aromatic rings. The molecule has 0 radical (unpaired) electrons. The quantitative estimate of drug-likeness (QED) is 0.348. The molecule has 0 spiro atoms. The van der Waals surface area contributed by atoms with Crippen LogP contribution in [0, 0.1) is 0 Å². The number of carbonyl (C=O) groups excluding carboxylic acids is 1. The molecule has 0 aliphatic heterocycles. The summed E-state index contributed by atoms with van der Waals surface area (Å²) in [5, 5.41) is 16.3. The van der Waals surface area contributed by atoms with E-state index in [0.29, 0.717) is 21.9 Å². The van der Waals surface area contributed by atoms with Crippen molar-refractivity contribution in [2.45, 2.75) is 0 Å². The van der Waals surface area contributed by atoms with Gasteiger partial charge in [0.25, 0.3) is 5.91 Å². The van der Waals surface area contributed by atoms with Crippen molar-refractivity contribution in [3.8, 4) is 5.75 Å². The summed E-state index contributed by atoms with van der Waals surface area (Å²) in [6.07, 6.45) is 0. The first-order valence-corrected chi connectivity index (χ1v) is 6.55. The first-order chi connectivity index (χ1) is 9.67. The number of rotatable bonds is 4. The molecule has 1 aromatic heterocycles. The van der Waals surface area contributed by atoms with Gasteiger partial charge in [0, 0.05) is 5.56 Å². The molecule has 0 unspecified atom stereocenters. The van der Waals surface area contributed by atoms with E-state index < -0.39 is 0 Å². The lowest BCUT2D eigenvalue weighted by molar-refractivity contribution is 0.103. The minimum absolute atomic E-state index is 0.106. The fourth-order valence-corrected chi connectivity index (χ4v) is 2.30. The Kier molecular flexibility index (Phi) is 4.21. The van der Waals surface area contributed by atoms with Gasteiger partial charge in [-0.15, -0.1) is 11.3 Å². The normalized spacial score (nSPS) is 11.2. The van der Waals surface area contributed by atoms with E-state index in [1.807, 2.05) is 5.38 Å². The molecule has 0 bridgehead atoms. The van der Waals surface area contributed by atoms with Crippen LogP contribution in [0.3, 0.4) is 0 Å². The molecule has 1 heterocycles. The summed E-state index contributed by atoms with van der Waals surface area (Å²) in [6.45, 7) is 0. The molecule has 20 heavy (non-hydrogen) atoms. The zero-order valence-corrected chi connectivity index (χ0v) is 11.5. The van der Waals surface area contributed by atoms with Crippen LogP contribution < -0.4 is 15.8 Å². The zero-order chi connectivity index (χ0) is 14.5. The number of nitrogens with zero attached hydrogens (tertiary/aromatic N) is 1. The number of nitrogens with two attached hydrogens (primary N) is 1. The standard InChI is InChI=1S/C13H13N3O3S/c1-19-9-5-2-4-8(12(14)16-18)11(9)15-13(17)10-6-3-7-20-10/h2-7,18H,1H3,(H2,14,16)(H,15,17). The number of hydrogen-bond acceptors (Lipinski definition) is 5. The highest BCUT2D eigenvalue weighted by Gasteiger charge is 2.16. The molecule has 1 amide bonds. The average Bonchev–Trinajstić information content (AvgIpc) is 3.01. The molecular weight excluding hydrogens is 278 g/mol. The molecular formula is C13H13N3O3S. The number of nitrogens with one attached hydrogen (secondary N) is 1. The minimum atomic E-state index is -0.281. The largest absolute Gasteiger partial charge is 0.495 e. The Morgan fingerprint density at radius 3 is 2.80 bits per heavy atom. The summed E-state index contributed by atoms with van der Waals surface area (Å²) in [4.78, 5) is 12.7. The number of anilines is 1.